The summed E-state index contributed by atoms with van der Waals surface area (Å²) in [7, 11) is 1.91. The quantitative estimate of drug-likeness (QED) is 0.667. The van der Waals surface area contributed by atoms with E-state index in [1.165, 1.54) is 12.8 Å². The maximum Gasteiger partial charge on any atom is 0.149 e. The zero-order chi connectivity index (χ0) is 10.4. The number of nitrogens with zero attached hydrogens (tertiary/aromatic N) is 2. The SMILES string of the molecule is CN(CCC#N)CC(=O)C1CCCC1. The van der Waals surface area contributed by atoms with Crippen molar-refractivity contribution in [3.05, 3.63) is 0 Å². The second-order valence-electron chi connectivity index (χ2n) is 4.09. The molecule has 3 heteroatoms. The zero-order valence-corrected chi connectivity index (χ0v) is 8.83. The van der Waals surface area contributed by atoms with Crippen LogP contribution >= 0.6 is 0 Å². The minimum atomic E-state index is 0.305. The van der Waals surface area contributed by atoms with Gasteiger partial charge in [0, 0.05) is 18.9 Å². The first-order valence-corrected chi connectivity index (χ1v) is 5.32. The highest BCUT2D eigenvalue weighted by molar-refractivity contribution is 5.83. The molecule has 3 nitrogen and oxygen atoms in total. The lowest BCUT2D eigenvalue weighted by molar-refractivity contribution is -0.123. The average molecular weight is 194 g/mol. The van der Waals surface area contributed by atoms with Crippen molar-refractivity contribution in [3.63, 3.8) is 0 Å². The van der Waals surface area contributed by atoms with Gasteiger partial charge in [-0.15, -0.1) is 0 Å². The second kappa shape index (κ2) is 5.77. The van der Waals surface area contributed by atoms with E-state index in [0.29, 0.717) is 31.2 Å². The maximum absolute atomic E-state index is 11.7. The molecule has 0 heterocycles. The van der Waals surface area contributed by atoms with Gasteiger partial charge in [-0.3, -0.25) is 9.69 Å². The molecule has 0 aromatic carbocycles. The van der Waals surface area contributed by atoms with Crippen molar-refractivity contribution in [2.75, 3.05) is 20.1 Å². The number of Topliss-reactive ketones (excluding diaryl/α,β-unsaturated/α-hetero) is 1. The van der Waals surface area contributed by atoms with Crippen LogP contribution in [0.2, 0.25) is 0 Å². The molecule has 0 aliphatic heterocycles. The molecule has 1 aliphatic carbocycles. The monoisotopic (exact) mass is 194 g/mol. The normalized spacial score (nSPS) is 17.2. The molecule has 0 bridgehead atoms. The summed E-state index contributed by atoms with van der Waals surface area (Å²) in [6.07, 6.45) is 5.07. The fourth-order valence-corrected chi connectivity index (χ4v) is 1.96. The molecular formula is C11H18N2O. The van der Waals surface area contributed by atoms with Crippen molar-refractivity contribution in [2.45, 2.75) is 32.1 Å². The summed E-state index contributed by atoms with van der Waals surface area (Å²) in [4.78, 5) is 13.6. The van der Waals surface area contributed by atoms with Crippen LogP contribution in [0.5, 0.6) is 0 Å². The second-order valence-corrected chi connectivity index (χ2v) is 4.09. The van der Waals surface area contributed by atoms with Crippen molar-refractivity contribution in [1.29, 1.82) is 5.26 Å². The molecule has 0 aromatic rings. The van der Waals surface area contributed by atoms with Crippen molar-refractivity contribution in [2.24, 2.45) is 5.92 Å². The molecule has 1 saturated carbocycles. The highest BCUT2D eigenvalue weighted by atomic mass is 16.1. The third kappa shape index (κ3) is 3.47. The molecule has 0 saturated heterocycles. The van der Waals surface area contributed by atoms with Crippen LogP contribution in [0, 0.1) is 17.2 Å². The van der Waals surface area contributed by atoms with E-state index >= 15 is 0 Å². The fourth-order valence-electron chi connectivity index (χ4n) is 1.96. The Hall–Kier alpha value is -0.880. The molecular weight excluding hydrogens is 176 g/mol. The van der Waals surface area contributed by atoms with Gasteiger partial charge in [-0.1, -0.05) is 12.8 Å². The number of ketones is 1. The Morgan fingerprint density at radius 1 is 1.50 bits per heavy atom. The first-order chi connectivity index (χ1) is 6.74. The summed E-state index contributed by atoms with van der Waals surface area (Å²) in [6, 6.07) is 2.09. The Balaban J connectivity index is 2.22. The molecule has 0 N–H and O–H groups in total. The highest BCUT2D eigenvalue weighted by Gasteiger charge is 2.22. The van der Waals surface area contributed by atoms with Gasteiger partial charge in [0.2, 0.25) is 0 Å². The molecule has 1 aliphatic rings. The maximum atomic E-state index is 11.7. The van der Waals surface area contributed by atoms with E-state index in [2.05, 4.69) is 6.07 Å². The number of rotatable bonds is 5. The van der Waals surface area contributed by atoms with Crippen LogP contribution < -0.4 is 0 Å². The Kier molecular flexibility index (Phi) is 4.61. The third-order valence-electron chi connectivity index (χ3n) is 2.84. The number of likely N-dealkylation sites (N-methyl/N-ethyl adjacent to an activating group) is 1. The van der Waals surface area contributed by atoms with E-state index in [0.717, 1.165) is 12.8 Å². The van der Waals surface area contributed by atoms with E-state index in [1.807, 2.05) is 11.9 Å². The molecule has 78 valence electrons. The molecule has 0 aromatic heterocycles. The Morgan fingerprint density at radius 3 is 2.71 bits per heavy atom. The molecule has 0 unspecified atom stereocenters. The van der Waals surface area contributed by atoms with Gasteiger partial charge in [-0.05, 0) is 19.9 Å². The number of carbonyl (C=O) groups is 1. The summed E-state index contributed by atoms with van der Waals surface area (Å²) < 4.78 is 0. The Morgan fingerprint density at radius 2 is 2.14 bits per heavy atom. The first kappa shape index (κ1) is 11.2. The molecule has 14 heavy (non-hydrogen) atoms. The number of nitriles is 1. The van der Waals surface area contributed by atoms with Gasteiger partial charge >= 0.3 is 0 Å². The van der Waals surface area contributed by atoms with Gasteiger partial charge in [0.25, 0.3) is 0 Å². The highest BCUT2D eigenvalue weighted by Crippen LogP contribution is 2.25. The van der Waals surface area contributed by atoms with Gasteiger partial charge in [0.05, 0.1) is 12.6 Å². The van der Waals surface area contributed by atoms with Crippen molar-refractivity contribution < 1.29 is 4.79 Å². The lowest BCUT2D eigenvalue weighted by Crippen LogP contribution is -2.30. The van der Waals surface area contributed by atoms with Gasteiger partial charge in [0.15, 0.2) is 0 Å². The van der Waals surface area contributed by atoms with E-state index in [4.69, 9.17) is 5.26 Å². The predicted molar refractivity (Wildman–Crippen MR) is 54.7 cm³/mol. The smallest absolute Gasteiger partial charge is 0.149 e. The topological polar surface area (TPSA) is 44.1 Å². The largest absolute Gasteiger partial charge is 0.298 e. The molecule has 0 spiro atoms. The van der Waals surface area contributed by atoms with Crippen LogP contribution in [0.4, 0.5) is 0 Å². The number of carbonyl (C=O) groups excluding carboxylic acids is 1. The third-order valence-corrected chi connectivity index (χ3v) is 2.84. The lowest BCUT2D eigenvalue weighted by atomic mass is 10.0. The van der Waals surface area contributed by atoms with E-state index in [1.54, 1.807) is 0 Å². The minimum absolute atomic E-state index is 0.305. The lowest BCUT2D eigenvalue weighted by Gasteiger charge is -2.16. The number of hydrogen-bond acceptors (Lipinski definition) is 3. The summed E-state index contributed by atoms with van der Waals surface area (Å²) in [5, 5.41) is 8.40. The molecule has 0 radical (unpaired) electrons. The van der Waals surface area contributed by atoms with Gasteiger partial charge < -0.3 is 0 Å². The molecule has 0 amide bonds. The van der Waals surface area contributed by atoms with Crippen LogP contribution in [-0.4, -0.2) is 30.8 Å². The van der Waals surface area contributed by atoms with Gasteiger partial charge in [-0.25, -0.2) is 0 Å². The van der Waals surface area contributed by atoms with Crippen LogP contribution in [0.1, 0.15) is 32.1 Å². The van der Waals surface area contributed by atoms with Gasteiger partial charge in [0.1, 0.15) is 5.78 Å². The van der Waals surface area contributed by atoms with Gasteiger partial charge in [-0.2, -0.15) is 5.26 Å². The van der Waals surface area contributed by atoms with Crippen LogP contribution in [-0.2, 0) is 4.79 Å². The van der Waals surface area contributed by atoms with Crippen molar-refractivity contribution in [3.8, 4) is 6.07 Å². The van der Waals surface area contributed by atoms with Crippen molar-refractivity contribution >= 4 is 5.78 Å². The molecule has 1 fully saturated rings. The number of hydrogen-bond donors (Lipinski definition) is 0. The summed E-state index contributed by atoms with van der Waals surface area (Å²) >= 11 is 0. The van der Waals surface area contributed by atoms with Crippen molar-refractivity contribution in [1.82, 2.24) is 4.90 Å². The molecule has 1 rings (SSSR count). The first-order valence-electron chi connectivity index (χ1n) is 5.32. The fraction of sp³-hybridized carbons (Fsp3) is 0.818. The van der Waals surface area contributed by atoms with Crippen LogP contribution in [0.25, 0.3) is 0 Å². The van der Waals surface area contributed by atoms with E-state index < -0.39 is 0 Å². The van der Waals surface area contributed by atoms with E-state index in [-0.39, 0.29) is 0 Å². The Labute approximate surface area is 85.7 Å². The average Bonchev–Trinajstić information content (AvgIpc) is 2.67. The Bertz CT molecular complexity index is 226. The van der Waals surface area contributed by atoms with Crippen LogP contribution in [0.15, 0.2) is 0 Å². The van der Waals surface area contributed by atoms with Crippen LogP contribution in [0.3, 0.4) is 0 Å². The summed E-state index contributed by atoms with van der Waals surface area (Å²) in [5.41, 5.74) is 0. The zero-order valence-electron chi connectivity index (χ0n) is 8.83. The van der Waals surface area contributed by atoms with E-state index in [9.17, 15) is 4.79 Å². The minimum Gasteiger partial charge on any atom is -0.298 e. The molecule has 0 atom stereocenters. The predicted octanol–water partition coefficient (Wildman–Crippen LogP) is 1.59. The summed E-state index contributed by atoms with van der Waals surface area (Å²) in [6.45, 7) is 1.22. The summed E-state index contributed by atoms with van der Waals surface area (Å²) in [5.74, 6) is 0.669. The standard InChI is InChI=1S/C11H18N2O/c1-13(8-4-7-12)9-11(14)10-5-2-3-6-10/h10H,2-6,8-9H2,1H3.